The molecule has 3 heterocycles. The lowest BCUT2D eigenvalue weighted by molar-refractivity contribution is -0.129. The van der Waals surface area contributed by atoms with E-state index in [4.69, 9.17) is 16.3 Å². The molecule has 1 fully saturated rings. The number of nitrogens with zero attached hydrogens (tertiary/aromatic N) is 5. The predicted molar refractivity (Wildman–Crippen MR) is 135 cm³/mol. The summed E-state index contributed by atoms with van der Waals surface area (Å²) in [6.45, 7) is 5.81. The summed E-state index contributed by atoms with van der Waals surface area (Å²) >= 11 is 6.47. The molecule has 7 nitrogen and oxygen atoms in total. The molecule has 184 valence electrons. The van der Waals surface area contributed by atoms with Gasteiger partial charge in [0.1, 0.15) is 17.0 Å². The number of anilines is 1. The van der Waals surface area contributed by atoms with Gasteiger partial charge < -0.3 is 14.5 Å². The van der Waals surface area contributed by atoms with Gasteiger partial charge in [-0.1, -0.05) is 48.5 Å². The topological polar surface area (TPSA) is 71.5 Å². The standard InChI is InChI=1S/C26H22ClF2N5O2/c1-14-13-33(25(35)15(2)28)10-11-34(14)24-18-12-30-22(21(29)23(18)31-26(32-24)36-3)17-8-4-6-16-7-5-9-19(27)20(16)17/h4-9,12,14H,2,10-11,13H2,1,3H3. The molecule has 0 N–H and O–H groups in total. The van der Waals surface area contributed by atoms with E-state index in [-0.39, 0.29) is 36.4 Å². The molecule has 1 atom stereocenters. The van der Waals surface area contributed by atoms with E-state index in [0.29, 0.717) is 33.7 Å². The van der Waals surface area contributed by atoms with Crippen LogP contribution in [-0.4, -0.2) is 58.5 Å². The Hall–Kier alpha value is -3.85. The van der Waals surface area contributed by atoms with Crippen LogP contribution in [0.3, 0.4) is 0 Å². The molecular formula is C26H22ClF2N5O2. The average molecular weight is 510 g/mol. The molecule has 0 aliphatic carbocycles. The van der Waals surface area contributed by atoms with Gasteiger partial charge in [-0.25, -0.2) is 8.78 Å². The van der Waals surface area contributed by atoms with Crippen LogP contribution in [0.15, 0.2) is 55.0 Å². The first kappa shape index (κ1) is 23.9. The van der Waals surface area contributed by atoms with Crippen LogP contribution in [0.25, 0.3) is 32.9 Å². The Bertz CT molecular complexity index is 1520. The van der Waals surface area contributed by atoms with E-state index < -0.39 is 17.6 Å². The number of carbonyl (C=O) groups excluding carboxylic acids is 1. The van der Waals surface area contributed by atoms with E-state index in [1.165, 1.54) is 18.2 Å². The number of fused-ring (bicyclic) bond motifs is 2. The number of pyridine rings is 1. The van der Waals surface area contributed by atoms with Crippen molar-refractivity contribution in [1.29, 1.82) is 0 Å². The Morgan fingerprint density at radius 1 is 1.19 bits per heavy atom. The van der Waals surface area contributed by atoms with Crippen molar-refractivity contribution in [3.63, 3.8) is 0 Å². The highest BCUT2D eigenvalue weighted by molar-refractivity contribution is 6.36. The van der Waals surface area contributed by atoms with Crippen molar-refractivity contribution in [3.05, 3.63) is 65.8 Å². The van der Waals surface area contributed by atoms with Crippen LogP contribution in [0, 0.1) is 5.82 Å². The van der Waals surface area contributed by atoms with Crippen molar-refractivity contribution in [2.24, 2.45) is 0 Å². The quantitative estimate of drug-likeness (QED) is 0.354. The van der Waals surface area contributed by atoms with Crippen LogP contribution in [0.4, 0.5) is 14.6 Å². The van der Waals surface area contributed by atoms with Crippen LogP contribution in [0.1, 0.15) is 6.92 Å². The second-order valence-electron chi connectivity index (χ2n) is 8.56. The second kappa shape index (κ2) is 9.31. The van der Waals surface area contributed by atoms with Crippen LogP contribution in [0.5, 0.6) is 6.01 Å². The van der Waals surface area contributed by atoms with Gasteiger partial charge >= 0.3 is 6.01 Å². The number of hydrogen-bond donors (Lipinski definition) is 0. The summed E-state index contributed by atoms with van der Waals surface area (Å²) in [6.07, 6.45) is 1.53. The number of aromatic nitrogens is 3. The highest BCUT2D eigenvalue weighted by Gasteiger charge is 2.31. The lowest BCUT2D eigenvalue weighted by Crippen LogP contribution is -2.54. The number of benzene rings is 2. The Balaban J connectivity index is 1.63. The number of piperazine rings is 1. The molecule has 1 saturated heterocycles. The van der Waals surface area contributed by atoms with Crippen LogP contribution in [0.2, 0.25) is 5.02 Å². The third-order valence-corrected chi connectivity index (χ3v) is 6.67. The Kier molecular flexibility index (Phi) is 6.17. The van der Waals surface area contributed by atoms with Crippen LogP contribution < -0.4 is 9.64 Å². The minimum atomic E-state index is -1.00. The number of halogens is 3. The third-order valence-electron chi connectivity index (χ3n) is 6.35. The highest BCUT2D eigenvalue weighted by atomic mass is 35.5. The monoisotopic (exact) mass is 509 g/mol. The molecule has 1 aliphatic heterocycles. The molecule has 36 heavy (non-hydrogen) atoms. The zero-order valence-electron chi connectivity index (χ0n) is 19.6. The molecule has 0 spiro atoms. The van der Waals surface area contributed by atoms with Gasteiger partial charge in [-0.2, -0.15) is 9.97 Å². The molecule has 5 rings (SSSR count). The van der Waals surface area contributed by atoms with E-state index in [9.17, 15) is 9.18 Å². The van der Waals surface area contributed by atoms with Gasteiger partial charge in [0.2, 0.25) is 0 Å². The maximum atomic E-state index is 16.1. The maximum absolute atomic E-state index is 16.1. The molecule has 2 aromatic heterocycles. The molecule has 0 bridgehead atoms. The van der Waals surface area contributed by atoms with Crippen LogP contribution in [-0.2, 0) is 4.79 Å². The zero-order valence-corrected chi connectivity index (χ0v) is 20.4. The number of ether oxygens (including phenoxy) is 1. The lowest BCUT2D eigenvalue weighted by Gasteiger charge is -2.40. The number of hydrogen-bond acceptors (Lipinski definition) is 6. The van der Waals surface area contributed by atoms with E-state index in [2.05, 4.69) is 21.5 Å². The molecule has 0 radical (unpaired) electrons. The van der Waals surface area contributed by atoms with Gasteiger partial charge in [-0.05, 0) is 18.4 Å². The summed E-state index contributed by atoms with van der Waals surface area (Å²) in [5.74, 6) is -1.95. The van der Waals surface area contributed by atoms with E-state index in [0.717, 1.165) is 5.39 Å². The van der Waals surface area contributed by atoms with Gasteiger partial charge in [0.05, 0.1) is 12.5 Å². The molecule has 2 aromatic carbocycles. The van der Waals surface area contributed by atoms with Gasteiger partial charge in [0.15, 0.2) is 11.6 Å². The van der Waals surface area contributed by atoms with Crippen LogP contribution >= 0.6 is 11.6 Å². The van der Waals surface area contributed by atoms with Crippen molar-refractivity contribution in [3.8, 4) is 17.3 Å². The summed E-state index contributed by atoms with van der Waals surface area (Å²) in [5.41, 5.74) is 0.704. The largest absolute Gasteiger partial charge is 0.467 e. The first-order valence-corrected chi connectivity index (χ1v) is 11.7. The first-order chi connectivity index (χ1) is 17.3. The normalized spacial score (nSPS) is 16.0. The molecular weight excluding hydrogens is 488 g/mol. The van der Waals surface area contributed by atoms with E-state index in [1.54, 1.807) is 12.1 Å². The third kappa shape index (κ3) is 3.99. The number of methoxy groups -OCH3 is 1. The average Bonchev–Trinajstić information content (AvgIpc) is 2.88. The predicted octanol–water partition coefficient (Wildman–Crippen LogP) is 5.17. The summed E-state index contributed by atoms with van der Waals surface area (Å²) in [7, 11) is 1.41. The fraction of sp³-hybridized carbons (Fsp3) is 0.231. The Labute approximate surface area is 211 Å². The van der Waals surface area contributed by atoms with E-state index >= 15 is 4.39 Å². The molecule has 1 aliphatic rings. The summed E-state index contributed by atoms with van der Waals surface area (Å²) < 4.78 is 34.7. The van der Waals surface area contributed by atoms with Crippen molar-refractivity contribution in [2.45, 2.75) is 13.0 Å². The molecule has 1 amide bonds. The van der Waals surface area contributed by atoms with Crippen molar-refractivity contribution >= 4 is 45.0 Å². The van der Waals surface area contributed by atoms with Crippen molar-refractivity contribution in [1.82, 2.24) is 19.9 Å². The number of amides is 1. The molecule has 4 aromatic rings. The SMILES string of the molecule is C=C(F)C(=O)N1CCN(c2nc(OC)nc3c(F)c(-c4cccc5cccc(Cl)c45)ncc23)C(C)C1. The zero-order chi connectivity index (χ0) is 25.6. The maximum Gasteiger partial charge on any atom is 0.318 e. The second-order valence-corrected chi connectivity index (χ2v) is 8.97. The first-order valence-electron chi connectivity index (χ1n) is 11.3. The number of carbonyl (C=O) groups is 1. The highest BCUT2D eigenvalue weighted by Crippen LogP contribution is 2.37. The minimum Gasteiger partial charge on any atom is -0.467 e. The molecule has 1 unspecified atom stereocenters. The lowest BCUT2D eigenvalue weighted by atomic mass is 10.0. The fourth-order valence-corrected chi connectivity index (χ4v) is 4.92. The smallest absolute Gasteiger partial charge is 0.318 e. The van der Waals surface area contributed by atoms with Gasteiger partial charge in [-0.15, -0.1) is 0 Å². The van der Waals surface area contributed by atoms with Crippen molar-refractivity contribution in [2.75, 3.05) is 31.6 Å². The van der Waals surface area contributed by atoms with Crippen molar-refractivity contribution < 1.29 is 18.3 Å². The fourth-order valence-electron chi connectivity index (χ4n) is 4.64. The van der Waals surface area contributed by atoms with Gasteiger partial charge in [-0.3, -0.25) is 9.78 Å². The van der Waals surface area contributed by atoms with E-state index in [1.807, 2.05) is 36.1 Å². The molecule has 10 heteroatoms. The van der Waals surface area contributed by atoms with Gasteiger partial charge in [0.25, 0.3) is 5.91 Å². The summed E-state index contributed by atoms with van der Waals surface area (Å²) in [6, 6.07) is 10.7. The molecule has 0 saturated carbocycles. The van der Waals surface area contributed by atoms with Gasteiger partial charge in [0, 0.05) is 47.8 Å². The number of rotatable bonds is 4. The Morgan fingerprint density at radius 3 is 2.64 bits per heavy atom. The summed E-state index contributed by atoms with van der Waals surface area (Å²) in [4.78, 5) is 28.6. The Morgan fingerprint density at radius 2 is 1.94 bits per heavy atom. The minimum absolute atomic E-state index is 0.00709. The summed E-state index contributed by atoms with van der Waals surface area (Å²) in [5, 5.41) is 2.43.